The van der Waals surface area contributed by atoms with Crippen molar-refractivity contribution in [2.75, 3.05) is 6.54 Å². The van der Waals surface area contributed by atoms with E-state index in [1.54, 1.807) is 17.2 Å². The molecule has 0 aliphatic carbocycles. The van der Waals surface area contributed by atoms with Gasteiger partial charge in [0.2, 0.25) is 0 Å². The maximum Gasteiger partial charge on any atom is 0.341 e. The minimum absolute atomic E-state index is 0.0175. The predicted octanol–water partition coefficient (Wildman–Crippen LogP) is 3.67. The van der Waals surface area contributed by atoms with Crippen LogP contribution in [0.3, 0.4) is 0 Å². The van der Waals surface area contributed by atoms with Crippen molar-refractivity contribution >= 4 is 23.0 Å². The molecule has 2 atom stereocenters. The smallest absolute Gasteiger partial charge is 0.341 e. The Bertz CT molecular complexity index is 921. The lowest BCUT2D eigenvalue weighted by Gasteiger charge is -2.37. The number of aromatic carboxylic acids is 1. The van der Waals surface area contributed by atoms with Crippen LogP contribution in [-0.4, -0.2) is 33.4 Å². The Morgan fingerprint density at radius 3 is 2.92 bits per heavy atom. The van der Waals surface area contributed by atoms with Gasteiger partial charge in [-0.3, -0.25) is 4.79 Å². The minimum Gasteiger partial charge on any atom is -0.477 e. The van der Waals surface area contributed by atoms with Gasteiger partial charge in [0.1, 0.15) is 23.3 Å². The van der Waals surface area contributed by atoms with E-state index in [-0.39, 0.29) is 17.5 Å². The molecule has 1 saturated heterocycles. The second-order valence-corrected chi connectivity index (χ2v) is 6.54. The minimum atomic E-state index is -1.10. The third-order valence-electron chi connectivity index (χ3n) is 4.81. The van der Waals surface area contributed by atoms with Crippen molar-refractivity contribution in [1.82, 2.24) is 9.88 Å². The first-order valence-electron chi connectivity index (χ1n) is 8.22. The van der Waals surface area contributed by atoms with Crippen LogP contribution in [0.4, 0.5) is 0 Å². The number of nitrogens with zero attached hydrogens (tertiary/aromatic N) is 1. The zero-order valence-electron chi connectivity index (χ0n) is 13.7. The molecule has 3 aromatic heterocycles. The van der Waals surface area contributed by atoms with Crippen molar-refractivity contribution in [2.24, 2.45) is 5.92 Å². The number of aromatic nitrogens is 1. The van der Waals surface area contributed by atoms with Crippen LogP contribution in [-0.2, 0) is 0 Å². The fourth-order valence-corrected chi connectivity index (χ4v) is 3.47. The molecule has 0 saturated carbocycles. The van der Waals surface area contributed by atoms with Gasteiger partial charge in [-0.2, -0.15) is 0 Å². The van der Waals surface area contributed by atoms with Gasteiger partial charge in [0.25, 0.3) is 5.91 Å². The van der Waals surface area contributed by atoms with E-state index in [4.69, 9.17) is 8.83 Å². The second kappa shape index (κ2) is 5.84. The van der Waals surface area contributed by atoms with Gasteiger partial charge >= 0.3 is 5.97 Å². The molecule has 7 nitrogen and oxygen atoms in total. The number of carboxylic acid groups (broad SMARTS) is 1. The number of carbonyl (C=O) groups excluding carboxylic acids is 1. The van der Waals surface area contributed by atoms with Crippen LogP contribution in [0.15, 0.2) is 39.6 Å². The molecule has 1 aliphatic rings. The number of amides is 1. The SMILES string of the molecule is C[C@@H]1CCN(C(=O)c2cc3occ(C(=O)O)c3[nH]2)[C@@H](c2ccco2)C1. The normalized spacial score (nSPS) is 20.9. The van der Waals surface area contributed by atoms with Crippen LogP contribution in [0, 0.1) is 5.92 Å². The molecular weight excluding hydrogens is 324 g/mol. The lowest BCUT2D eigenvalue weighted by molar-refractivity contribution is 0.0515. The van der Waals surface area contributed by atoms with E-state index < -0.39 is 5.97 Å². The highest BCUT2D eigenvalue weighted by Crippen LogP contribution is 2.35. The Balaban J connectivity index is 1.68. The zero-order chi connectivity index (χ0) is 17.6. The highest BCUT2D eigenvalue weighted by Gasteiger charge is 2.34. The molecule has 25 heavy (non-hydrogen) atoms. The summed E-state index contributed by atoms with van der Waals surface area (Å²) in [4.78, 5) is 28.9. The zero-order valence-corrected chi connectivity index (χ0v) is 13.7. The second-order valence-electron chi connectivity index (χ2n) is 6.54. The molecule has 0 radical (unpaired) electrons. The predicted molar refractivity (Wildman–Crippen MR) is 88.4 cm³/mol. The molecule has 0 aromatic carbocycles. The highest BCUT2D eigenvalue weighted by molar-refractivity contribution is 6.04. The summed E-state index contributed by atoms with van der Waals surface area (Å²) in [5, 5.41) is 9.18. The molecule has 7 heteroatoms. The number of carbonyl (C=O) groups is 2. The number of furan rings is 2. The molecule has 130 valence electrons. The summed E-state index contributed by atoms with van der Waals surface area (Å²) in [6.07, 6.45) is 4.53. The average molecular weight is 342 g/mol. The van der Waals surface area contributed by atoms with Gasteiger partial charge in [-0.1, -0.05) is 6.92 Å². The van der Waals surface area contributed by atoms with E-state index >= 15 is 0 Å². The maximum atomic E-state index is 13.0. The van der Waals surface area contributed by atoms with Crippen molar-refractivity contribution in [1.29, 1.82) is 0 Å². The van der Waals surface area contributed by atoms with Gasteiger partial charge in [0.05, 0.1) is 17.8 Å². The number of nitrogens with one attached hydrogen (secondary N) is 1. The quantitative estimate of drug-likeness (QED) is 0.756. The molecule has 1 aliphatic heterocycles. The van der Waals surface area contributed by atoms with Gasteiger partial charge in [0.15, 0.2) is 5.58 Å². The first-order chi connectivity index (χ1) is 12.0. The average Bonchev–Trinajstić information content (AvgIpc) is 3.30. The topological polar surface area (TPSA) is 99.7 Å². The van der Waals surface area contributed by atoms with E-state index in [2.05, 4.69) is 11.9 Å². The third-order valence-corrected chi connectivity index (χ3v) is 4.81. The van der Waals surface area contributed by atoms with Gasteiger partial charge in [-0.15, -0.1) is 0 Å². The summed E-state index contributed by atoms with van der Waals surface area (Å²) in [7, 11) is 0. The number of rotatable bonds is 3. The van der Waals surface area contributed by atoms with Gasteiger partial charge < -0.3 is 23.8 Å². The van der Waals surface area contributed by atoms with E-state index in [0.717, 1.165) is 18.6 Å². The number of likely N-dealkylation sites (tertiary alicyclic amines) is 1. The first-order valence-corrected chi connectivity index (χ1v) is 8.22. The highest BCUT2D eigenvalue weighted by atomic mass is 16.4. The Kier molecular flexibility index (Phi) is 3.63. The van der Waals surface area contributed by atoms with Crippen molar-refractivity contribution < 1.29 is 23.5 Å². The molecule has 0 bridgehead atoms. The maximum absolute atomic E-state index is 13.0. The standard InChI is InChI=1S/C18H18N2O5/c1-10-4-5-20(13(7-10)14-3-2-6-24-14)17(21)12-8-15-16(19-12)11(9-25-15)18(22)23/h2-3,6,8-10,13,19H,4-5,7H2,1H3,(H,22,23)/t10-,13-/m1/s1. The van der Waals surface area contributed by atoms with Crippen LogP contribution in [0.1, 0.15) is 52.4 Å². The number of hydrogen-bond acceptors (Lipinski definition) is 4. The summed E-state index contributed by atoms with van der Waals surface area (Å²) in [6, 6.07) is 5.13. The summed E-state index contributed by atoms with van der Waals surface area (Å²) in [6.45, 7) is 2.79. The molecule has 3 aromatic rings. The third kappa shape index (κ3) is 2.61. The molecule has 2 N–H and O–H groups in total. The van der Waals surface area contributed by atoms with Crippen LogP contribution in [0.5, 0.6) is 0 Å². The molecule has 0 unspecified atom stereocenters. The molecular formula is C18H18N2O5. The van der Waals surface area contributed by atoms with Gasteiger partial charge in [-0.05, 0) is 30.9 Å². The molecule has 1 amide bonds. The lowest BCUT2D eigenvalue weighted by atomic mass is 9.91. The Hall–Kier alpha value is -2.96. The summed E-state index contributed by atoms with van der Waals surface area (Å²) in [5.74, 6) is -0.0186. The Morgan fingerprint density at radius 2 is 2.20 bits per heavy atom. The van der Waals surface area contributed by atoms with E-state index in [9.17, 15) is 14.7 Å². The van der Waals surface area contributed by atoms with E-state index in [1.165, 1.54) is 6.26 Å². The summed E-state index contributed by atoms with van der Waals surface area (Å²) in [5.41, 5.74) is 1.03. The molecule has 4 rings (SSSR count). The van der Waals surface area contributed by atoms with Crippen molar-refractivity contribution in [2.45, 2.75) is 25.8 Å². The first kappa shape index (κ1) is 15.6. The number of hydrogen-bond donors (Lipinski definition) is 2. The van der Waals surface area contributed by atoms with Crippen LogP contribution in [0.25, 0.3) is 11.1 Å². The monoisotopic (exact) mass is 342 g/mol. The van der Waals surface area contributed by atoms with Gasteiger partial charge in [0, 0.05) is 12.6 Å². The number of carboxylic acids is 1. The van der Waals surface area contributed by atoms with Crippen molar-refractivity contribution in [3.05, 3.63) is 47.7 Å². The van der Waals surface area contributed by atoms with Crippen LogP contribution >= 0.6 is 0 Å². The summed E-state index contributed by atoms with van der Waals surface area (Å²) < 4.78 is 10.8. The fourth-order valence-electron chi connectivity index (χ4n) is 3.47. The van der Waals surface area contributed by atoms with Gasteiger partial charge in [-0.25, -0.2) is 4.79 Å². The Labute approximate surface area is 143 Å². The molecule has 1 fully saturated rings. The van der Waals surface area contributed by atoms with Crippen LogP contribution < -0.4 is 0 Å². The summed E-state index contributed by atoms with van der Waals surface area (Å²) >= 11 is 0. The Morgan fingerprint density at radius 1 is 1.36 bits per heavy atom. The number of aromatic amines is 1. The number of piperidine rings is 1. The largest absolute Gasteiger partial charge is 0.477 e. The molecule has 0 spiro atoms. The molecule has 4 heterocycles. The van der Waals surface area contributed by atoms with Crippen molar-refractivity contribution in [3.8, 4) is 0 Å². The van der Waals surface area contributed by atoms with Crippen LogP contribution in [0.2, 0.25) is 0 Å². The van der Waals surface area contributed by atoms with E-state index in [1.807, 2.05) is 12.1 Å². The number of fused-ring (bicyclic) bond motifs is 1. The van der Waals surface area contributed by atoms with Crippen molar-refractivity contribution in [3.63, 3.8) is 0 Å². The lowest BCUT2D eigenvalue weighted by Crippen LogP contribution is -2.40. The number of H-pyrrole nitrogens is 1. The van der Waals surface area contributed by atoms with E-state index in [0.29, 0.717) is 29.3 Å². The fraction of sp³-hybridized carbons (Fsp3) is 0.333.